The number of quaternary nitrogens is 1. The van der Waals surface area contributed by atoms with Crippen molar-refractivity contribution in [2.75, 3.05) is 27.8 Å². The maximum atomic E-state index is 5.09. The van der Waals surface area contributed by atoms with Crippen LogP contribution in [0.4, 0.5) is 0 Å². The molecular weight excluding hydrogens is 106 g/mol. The lowest BCUT2D eigenvalue weighted by Gasteiger charge is -2.20. The molecule has 0 unspecified atom stereocenters. The van der Waals surface area contributed by atoms with Gasteiger partial charge in [-0.2, -0.15) is 9.68 Å². The van der Waals surface area contributed by atoms with Gasteiger partial charge in [0.25, 0.3) is 0 Å². The molecule has 0 spiro atoms. The van der Waals surface area contributed by atoms with E-state index >= 15 is 0 Å². The van der Waals surface area contributed by atoms with Gasteiger partial charge in [0.2, 0.25) is 0 Å². The molecule has 0 aromatic carbocycles. The Labute approximate surface area is 50.3 Å². The lowest BCUT2D eigenvalue weighted by molar-refractivity contribution is -1.22. The summed E-state index contributed by atoms with van der Waals surface area (Å²) in [6.07, 6.45) is 0. The summed E-state index contributed by atoms with van der Waals surface area (Å²) < 4.78 is 0. The zero-order valence-electron chi connectivity index (χ0n) is 5.97. The fourth-order valence-electron chi connectivity index (χ4n) is 0.364. The number of nitrogens with zero attached hydrogens (tertiary/aromatic N) is 1. The molecule has 8 heavy (non-hydrogen) atoms. The Bertz CT molecular complexity index is 63.4. The van der Waals surface area contributed by atoms with Gasteiger partial charge >= 0.3 is 0 Å². The maximum Gasteiger partial charge on any atom is 0.132 e. The van der Waals surface area contributed by atoms with Crippen LogP contribution < -0.4 is 0 Å². The molecule has 0 saturated carbocycles. The maximum absolute atomic E-state index is 5.09. The topological polar surface area (TPSA) is 18.5 Å². The third-order valence-corrected chi connectivity index (χ3v) is 0.880. The van der Waals surface area contributed by atoms with Crippen molar-refractivity contribution < 1.29 is 14.5 Å². The Morgan fingerprint density at radius 1 is 1.38 bits per heavy atom. The van der Waals surface area contributed by atoms with Gasteiger partial charge in [0, 0.05) is 0 Å². The predicted molar refractivity (Wildman–Crippen MR) is 30.7 cm³/mol. The molecule has 0 aliphatic rings. The van der Waals surface area contributed by atoms with Crippen molar-refractivity contribution in [3.8, 4) is 0 Å². The first-order valence-corrected chi connectivity index (χ1v) is 2.66. The Kier molecular flexibility index (Phi) is 2.97. The van der Waals surface area contributed by atoms with E-state index in [4.69, 9.17) is 9.68 Å². The van der Waals surface area contributed by atoms with Crippen LogP contribution in [0.5, 0.6) is 0 Å². The lowest BCUT2D eigenvalue weighted by Crippen LogP contribution is -2.37. The molecule has 0 aromatic rings. The summed E-state index contributed by atoms with van der Waals surface area (Å²) in [6, 6.07) is 0. The van der Waals surface area contributed by atoms with Gasteiger partial charge in [0.05, 0.1) is 7.11 Å². The van der Waals surface area contributed by atoms with Gasteiger partial charge < -0.3 is 0 Å². The van der Waals surface area contributed by atoms with Gasteiger partial charge in [-0.1, -0.05) is 0 Å². The minimum atomic E-state index is 0.163. The van der Waals surface area contributed by atoms with Gasteiger partial charge in [0.1, 0.15) is 20.7 Å². The summed E-state index contributed by atoms with van der Waals surface area (Å²) in [5.74, 6) is 0. The van der Waals surface area contributed by atoms with Crippen LogP contribution in [0.1, 0.15) is 6.92 Å². The second-order valence-electron chi connectivity index (χ2n) is 1.85. The largest absolute Gasteiger partial charge is 0.172 e. The third-order valence-electron chi connectivity index (χ3n) is 0.880. The fourth-order valence-corrected chi connectivity index (χ4v) is 0.364. The first-order valence-electron chi connectivity index (χ1n) is 2.66. The SMILES string of the molecule is CCO[N+](C)(C)OC. The number of hydrogen-bond donors (Lipinski definition) is 0. The molecule has 0 aliphatic heterocycles. The normalized spacial score (nSPS) is 12.0. The zero-order chi connectivity index (χ0) is 6.62. The van der Waals surface area contributed by atoms with Crippen LogP contribution in [0.2, 0.25) is 0 Å². The third kappa shape index (κ3) is 2.96. The highest BCUT2D eigenvalue weighted by molar-refractivity contribution is 3.93. The minimum Gasteiger partial charge on any atom is -0.172 e. The molecule has 0 radical (unpaired) electrons. The van der Waals surface area contributed by atoms with Crippen LogP contribution in [-0.2, 0) is 9.68 Å². The van der Waals surface area contributed by atoms with E-state index in [1.807, 2.05) is 21.0 Å². The van der Waals surface area contributed by atoms with E-state index in [1.54, 1.807) is 7.11 Å². The Morgan fingerprint density at radius 2 is 1.88 bits per heavy atom. The summed E-state index contributed by atoms with van der Waals surface area (Å²) in [5.41, 5.74) is 0. The van der Waals surface area contributed by atoms with Crippen LogP contribution in [0.15, 0.2) is 0 Å². The monoisotopic (exact) mass is 120 g/mol. The van der Waals surface area contributed by atoms with Gasteiger partial charge in [-0.15, -0.1) is 0 Å². The van der Waals surface area contributed by atoms with Crippen molar-refractivity contribution >= 4 is 0 Å². The molecular formula is C5H14NO2+. The van der Waals surface area contributed by atoms with Gasteiger partial charge in [-0.3, -0.25) is 0 Å². The van der Waals surface area contributed by atoms with E-state index in [0.717, 1.165) is 0 Å². The number of hydrogen-bond acceptors (Lipinski definition) is 2. The van der Waals surface area contributed by atoms with Crippen molar-refractivity contribution in [1.82, 2.24) is 0 Å². The van der Waals surface area contributed by atoms with Crippen molar-refractivity contribution in [2.24, 2.45) is 0 Å². The molecule has 0 rings (SSSR count). The molecule has 0 amide bonds. The highest BCUT2D eigenvalue weighted by atomic mass is 17.0. The van der Waals surface area contributed by atoms with Crippen LogP contribution in [0, 0.1) is 0 Å². The Morgan fingerprint density at radius 3 is 2.00 bits per heavy atom. The van der Waals surface area contributed by atoms with E-state index in [9.17, 15) is 0 Å². The van der Waals surface area contributed by atoms with E-state index in [-0.39, 0.29) is 4.81 Å². The van der Waals surface area contributed by atoms with Gasteiger partial charge in [-0.05, 0) is 11.7 Å². The van der Waals surface area contributed by atoms with Crippen LogP contribution in [0.25, 0.3) is 0 Å². The standard InChI is InChI=1S/C5H14NO2/c1-5-8-6(2,3)7-4/h5H2,1-4H3/q+1. The summed E-state index contributed by atoms with van der Waals surface area (Å²) in [7, 11) is 5.25. The second kappa shape index (κ2) is 3.02. The minimum absolute atomic E-state index is 0.163. The summed E-state index contributed by atoms with van der Waals surface area (Å²) in [6.45, 7) is 2.60. The molecule has 0 heterocycles. The van der Waals surface area contributed by atoms with E-state index < -0.39 is 0 Å². The number of rotatable bonds is 3. The summed E-state index contributed by atoms with van der Waals surface area (Å²) in [5, 5.41) is 0. The molecule has 50 valence electrons. The molecule has 0 bridgehead atoms. The first-order chi connectivity index (χ1) is 3.62. The molecule has 0 aliphatic carbocycles. The van der Waals surface area contributed by atoms with Crippen LogP contribution >= 0.6 is 0 Å². The molecule has 0 fully saturated rings. The average Bonchev–Trinajstić information content (AvgIpc) is 1.67. The van der Waals surface area contributed by atoms with E-state index in [0.29, 0.717) is 6.61 Å². The lowest BCUT2D eigenvalue weighted by atomic mass is 10.9. The summed E-state index contributed by atoms with van der Waals surface area (Å²) >= 11 is 0. The summed E-state index contributed by atoms with van der Waals surface area (Å²) in [4.78, 5) is 10.2. The van der Waals surface area contributed by atoms with Crippen LogP contribution in [-0.4, -0.2) is 32.6 Å². The van der Waals surface area contributed by atoms with Crippen molar-refractivity contribution in [3.05, 3.63) is 0 Å². The zero-order valence-corrected chi connectivity index (χ0v) is 5.97. The smallest absolute Gasteiger partial charge is 0.132 e. The highest BCUT2D eigenvalue weighted by Crippen LogP contribution is 1.95. The molecule has 0 saturated heterocycles. The first kappa shape index (κ1) is 7.88. The molecule has 0 N–H and O–H groups in total. The Hall–Kier alpha value is -0.120. The van der Waals surface area contributed by atoms with Crippen molar-refractivity contribution in [1.29, 1.82) is 0 Å². The molecule has 3 heteroatoms. The molecule has 0 aromatic heterocycles. The van der Waals surface area contributed by atoms with E-state index in [2.05, 4.69) is 0 Å². The quantitative estimate of drug-likeness (QED) is 0.400. The predicted octanol–water partition coefficient (Wildman–Crippen LogP) is 0.576. The molecule has 3 nitrogen and oxygen atoms in total. The average molecular weight is 120 g/mol. The second-order valence-corrected chi connectivity index (χ2v) is 1.85. The van der Waals surface area contributed by atoms with E-state index in [1.165, 1.54) is 0 Å². The van der Waals surface area contributed by atoms with Gasteiger partial charge in [-0.25, -0.2) is 0 Å². The fraction of sp³-hybridized carbons (Fsp3) is 1.00. The van der Waals surface area contributed by atoms with Gasteiger partial charge in [0.15, 0.2) is 0 Å². The number of hydroxylamine groups is 4. The molecule has 0 atom stereocenters. The van der Waals surface area contributed by atoms with Crippen molar-refractivity contribution in [2.45, 2.75) is 6.92 Å². The van der Waals surface area contributed by atoms with Crippen LogP contribution in [0.3, 0.4) is 0 Å². The highest BCUT2D eigenvalue weighted by Gasteiger charge is 2.12. The Balaban J connectivity index is 3.37. The van der Waals surface area contributed by atoms with Crippen molar-refractivity contribution in [3.63, 3.8) is 0 Å².